The average Bonchev–Trinajstić information content (AvgIpc) is 2.48. The summed E-state index contributed by atoms with van der Waals surface area (Å²) >= 11 is 0. The van der Waals surface area contributed by atoms with E-state index in [1.807, 2.05) is 0 Å². The van der Waals surface area contributed by atoms with E-state index in [4.69, 9.17) is 4.74 Å². The Hall–Kier alpha value is -0.730. The minimum Gasteiger partial charge on any atom is -0.453 e. The third-order valence-electron chi connectivity index (χ3n) is 3.33. The number of methoxy groups -OCH3 is 1. The van der Waals surface area contributed by atoms with Gasteiger partial charge in [0, 0.05) is 13.1 Å². The molecule has 76 valence electrons. The maximum Gasteiger partial charge on any atom is 0.409 e. The number of hydrogen-bond acceptors (Lipinski definition) is 2. The van der Waals surface area contributed by atoms with E-state index < -0.39 is 0 Å². The lowest BCUT2D eigenvalue weighted by Crippen LogP contribution is -2.32. The fourth-order valence-corrected chi connectivity index (χ4v) is 1.74. The van der Waals surface area contributed by atoms with Gasteiger partial charge in [-0.05, 0) is 17.8 Å². The molecule has 1 fully saturated rings. The van der Waals surface area contributed by atoms with Gasteiger partial charge in [-0.15, -0.1) is 0 Å². The Morgan fingerprint density at radius 1 is 1.54 bits per heavy atom. The van der Waals surface area contributed by atoms with Crippen molar-refractivity contribution in [3.05, 3.63) is 0 Å². The third-order valence-corrected chi connectivity index (χ3v) is 3.33. The second-order valence-corrected chi connectivity index (χ2v) is 4.45. The Balaban J connectivity index is 2.58. The first-order chi connectivity index (χ1) is 5.99. The third kappa shape index (κ3) is 1.95. The van der Waals surface area contributed by atoms with E-state index >= 15 is 0 Å². The van der Waals surface area contributed by atoms with Crippen molar-refractivity contribution in [1.82, 2.24) is 4.90 Å². The molecule has 0 aromatic carbocycles. The van der Waals surface area contributed by atoms with Crippen molar-refractivity contribution < 1.29 is 9.53 Å². The summed E-state index contributed by atoms with van der Waals surface area (Å²) in [7, 11) is 1.44. The Morgan fingerprint density at radius 2 is 2.15 bits per heavy atom. The summed E-state index contributed by atoms with van der Waals surface area (Å²) in [6, 6.07) is 0. The van der Waals surface area contributed by atoms with Crippen LogP contribution in [0.4, 0.5) is 4.79 Å². The first-order valence-electron chi connectivity index (χ1n) is 4.82. The van der Waals surface area contributed by atoms with Crippen LogP contribution in [-0.4, -0.2) is 31.2 Å². The fourth-order valence-electron chi connectivity index (χ4n) is 1.74. The van der Waals surface area contributed by atoms with Gasteiger partial charge in [-0.2, -0.15) is 0 Å². The first kappa shape index (κ1) is 10.4. The van der Waals surface area contributed by atoms with Gasteiger partial charge in [-0.3, -0.25) is 0 Å². The zero-order valence-corrected chi connectivity index (χ0v) is 8.96. The van der Waals surface area contributed by atoms with Crippen molar-refractivity contribution in [2.45, 2.75) is 27.2 Å². The van der Waals surface area contributed by atoms with E-state index in [9.17, 15) is 4.79 Å². The number of rotatable bonds is 1. The molecule has 0 unspecified atom stereocenters. The normalized spacial score (nSPS) is 28.2. The predicted molar refractivity (Wildman–Crippen MR) is 51.5 cm³/mol. The van der Waals surface area contributed by atoms with Crippen molar-refractivity contribution in [1.29, 1.82) is 0 Å². The number of likely N-dealkylation sites (tertiary alicyclic amines) is 1. The molecule has 0 aromatic heterocycles. The topological polar surface area (TPSA) is 29.5 Å². The molecule has 0 radical (unpaired) electrons. The minimum absolute atomic E-state index is 0.190. The largest absolute Gasteiger partial charge is 0.453 e. The van der Waals surface area contributed by atoms with Gasteiger partial charge in [0.2, 0.25) is 0 Å². The van der Waals surface area contributed by atoms with E-state index in [0.29, 0.717) is 5.92 Å². The van der Waals surface area contributed by atoms with Crippen molar-refractivity contribution in [3.63, 3.8) is 0 Å². The lowest BCUT2D eigenvalue weighted by molar-refractivity contribution is 0.123. The highest BCUT2D eigenvalue weighted by atomic mass is 16.5. The molecule has 1 rings (SSSR count). The molecule has 0 aromatic rings. The van der Waals surface area contributed by atoms with Crippen molar-refractivity contribution >= 4 is 6.09 Å². The highest BCUT2D eigenvalue weighted by molar-refractivity contribution is 5.67. The van der Waals surface area contributed by atoms with Crippen molar-refractivity contribution in [2.75, 3.05) is 20.2 Å². The summed E-state index contributed by atoms with van der Waals surface area (Å²) in [6.07, 6.45) is 0.893. The Labute approximate surface area is 80.1 Å². The van der Waals surface area contributed by atoms with E-state index in [2.05, 4.69) is 20.8 Å². The molecule has 1 saturated heterocycles. The number of hydrogen-bond donors (Lipinski definition) is 0. The Kier molecular flexibility index (Phi) is 2.84. The maximum absolute atomic E-state index is 11.2. The molecule has 0 aliphatic carbocycles. The second-order valence-electron chi connectivity index (χ2n) is 4.45. The van der Waals surface area contributed by atoms with Crippen LogP contribution in [0.2, 0.25) is 0 Å². The lowest BCUT2D eigenvalue weighted by atomic mass is 9.79. The smallest absolute Gasteiger partial charge is 0.409 e. The lowest BCUT2D eigenvalue weighted by Gasteiger charge is -2.28. The number of ether oxygens (including phenoxy) is 1. The van der Waals surface area contributed by atoms with Crippen LogP contribution in [0.25, 0.3) is 0 Å². The number of carbonyl (C=O) groups is 1. The number of carbonyl (C=O) groups excluding carboxylic acids is 1. The zero-order chi connectivity index (χ0) is 10.1. The molecule has 0 saturated carbocycles. The molecule has 1 aliphatic rings. The van der Waals surface area contributed by atoms with E-state index in [-0.39, 0.29) is 11.5 Å². The summed E-state index contributed by atoms with van der Waals surface area (Å²) in [5.74, 6) is 0.613. The summed E-state index contributed by atoms with van der Waals surface area (Å²) < 4.78 is 4.69. The standard InChI is InChI=1S/C10H19NO2/c1-8(2)10(3)5-6-11(7-10)9(12)13-4/h8H,5-7H2,1-4H3/t10-/m0/s1. The Morgan fingerprint density at radius 3 is 2.54 bits per heavy atom. The van der Waals surface area contributed by atoms with E-state index in [1.165, 1.54) is 7.11 Å². The van der Waals surface area contributed by atoms with Crippen LogP contribution in [0, 0.1) is 11.3 Å². The van der Waals surface area contributed by atoms with Crippen LogP contribution in [0.5, 0.6) is 0 Å². The zero-order valence-electron chi connectivity index (χ0n) is 8.96. The molecular weight excluding hydrogens is 166 g/mol. The minimum atomic E-state index is -0.190. The van der Waals surface area contributed by atoms with Crippen LogP contribution in [0.15, 0.2) is 0 Å². The van der Waals surface area contributed by atoms with Crippen LogP contribution in [0.1, 0.15) is 27.2 Å². The van der Waals surface area contributed by atoms with Gasteiger partial charge in [-0.1, -0.05) is 20.8 Å². The fraction of sp³-hybridized carbons (Fsp3) is 0.900. The van der Waals surface area contributed by atoms with Crippen molar-refractivity contribution in [3.8, 4) is 0 Å². The molecule has 0 spiro atoms. The van der Waals surface area contributed by atoms with Crippen LogP contribution in [-0.2, 0) is 4.74 Å². The molecule has 0 N–H and O–H groups in total. The van der Waals surface area contributed by atoms with Gasteiger partial charge in [0.25, 0.3) is 0 Å². The Bertz CT molecular complexity index is 203. The molecule has 13 heavy (non-hydrogen) atoms. The molecular formula is C10H19NO2. The van der Waals surface area contributed by atoms with Crippen LogP contribution < -0.4 is 0 Å². The van der Waals surface area contributed by atoms with Crippen LogP contribution >= 0.6 is 0 Å². The molecule has 3 heteroatoms. The summed E-state index contributed by atoms with van der Waals surface area (Å²) in [4.78, 5) is 13.0. The van der Waals surface area contributed by atoms with Gasteiger partial charge >= 0.3 is 6.09 Å². The molecule has 1 aliphatic heterocycles. The molecule has 1 amide bonds. The molecule has 1 atom stereocenters. The van der Waals surface area contributed by atoms with Crippen LogP contribution in [0.3, 0.4) is 0 Å². The van der Waals surface area contributed by atoms with Gasteiger partial charge in [0.15, 0.2) is 0 Å². The summed E-state index contributed by atoms with van der Waals surface area (Å²) in [5, 5.41) is 0. The summed E-state index contributed by atoms with van der Waals surface area (Å²) in [5.41, 5.74) is 0.272. The predicted octanol–water partition coefficient (Wildman–Crippen LogP) is 2.12. The molecule has 3 nitrogen and oxygen atoms in total. The quantitative estimate of drug-likeness (QED) is 0.626. The van der Waals surface area contributed by atoms with Gasteiger partial charge in [-0.25, -0.2) is 4.79 Å². The van der Waals surface area contributed by atoms with Gasteiger partial charge < -0.3 is 9.64 Å². The maximum atomic E-state index is 11.2. The number of amides is 1. The molecule has 0 bridgehead atoms. The summed E-state index contributed by atoms with van der Waals surface area (Å²) in [6.45, 7) is 8.32. The number of nitrogens with zero attached hydrogens (tertiary/aromatic N) is 1. The highest BCUT2D eigenvalue weighted by Gasteiger charge is 2.38. The first-order valence-corrected chi connectivity index (χ1v) is 4.82. The van der Waals surface area contributed by atoms with Crippen molar-refractivity contribution in [2.24, 2.45) is 11.3 Å². The average molecular weight is 185 g/mol. The van der Waals surface area contributed by atoms with Gasteiger partial charge in [0.1, 0.15) is 0 Å². The SMILES string of the molecule is COC(=O)N1CC[C@](C)(C(C)C)C1. The monoisotopic (exact) mass is 185 g/mol. The second kappa shape index (κ2) is 3.56. The van der Waals surface area contributed by atoms with E-state index in [0.717, 1.165) is 19.5 Å². The van der Waals surface area contributed by atoms with Gasteiger partial charge in [0.05, 0.1) is 7.11 Å². The highest BCUT2D eigenvalue weighted by Crippen LogP contribution is 2.37. The van der Waals surface area contributed by atoms with E-state index in [1.54, 1.807) is 4.90 Å². The molecule has 1 heterocycles.